The Hall–Kier alpha value is -0.750. The third kappa shape index (κ3) is 3.47. The molecule has 0 aromatic carbocycles. The van der Waals surface area contributed by atoms with Crippen LogP contribution in [0.4, 0.5) is 0 Å². The molecule has 3 nitrogen and oxygen atoms in total. The number of aromatic nitrogens is 1. The van der Waals surface area contributed by atoms with E-state index < -0.39 is 0 Å². The Morgan fingerprint density at radius 3 is 2.85 bits per heavy atom. The van der Waals surface area contributed by atoms with Gasteiger partial charge < -0.3 is 5.73 Å². The van der Waals surface area contributed by atoms with Crippen molar-refractivity contribution in [3.8, 4) is 10.6 Å². The lowest BCUT2D eigenvalue weighted by Crippen LogP contribution is -2.33. The highest BCUT2D eigenvalue weighted by Gasteiger charge is 2.19. The summed E-state index contributed by atoms with van der Waals surface area (Å²) in [5, 5.41) is 7.64. The molecule has 1 aliphatic rings. The summed E-state index contributed by atoms with van der Waals surface area (Å²) in [7, 11) is 0. The van der Waals surface area contributed by atoms with E-state index in [0.29, 0.717) is 0 Å². The van der Waals surface area contributed by atoms with Gasteiger partial charge in [0.2, 0.25) is 0 Å². The molecule has 2 aromatic rings. The quantitative estimate of drug-likeness (QED) is 0.920. The minimum atomic E-state index is 0.834. The zero-order chi connectivity index (χ0) is 13.8. The molecule has 108 valence electrons. The Labute approximate surface area is 128 Å². The summed E-state index contributed by atoms with van der Waals surface area (Å²) in [4.78, 5) is 7.29. The number of nitrogens with two attached hydrogens (primary N) is 1. The van der Waals surface area contributed by atoms with E-state index >= 15 is 0 Å². The molecular formula is C15H21N3S2. The first-order chi connectivity index (χ1) is 9.85. The molecule has 0 amide bonds. The normalized spacial score (nSPS) is 17.6. The van der Waals surface area contributed by atoms with Gasteiger partial charge in [0.25, 0.3) is 0 Å². The van der Waals surface area contributed by atoms with Crippen LogP contribution in [0.5, 0.6) is 0 Å². The lowest BCUT2D eigenvalue weighted by Gasteiger charge is -2.31. The monoisotopic (exact) mass is 307 g/mol. The van der Waals surface area contributed by atoms with Crippen molar-refractivity contribution in [1.29, 1.82) is 0 Å². The van der Waals surface area contributed by atoms with Gasteiger partial charge in [0.1, 0.15) is 5.01 Å². The summed E-state index contributed by atoms with van der Waals surface area (Å²) in [6.07, 6.45) is 3.77. The van der Waals surface area contributed by atoms with Gasteiger partial charge in [-0.2, -0.15) is 11.3 Å². The van der Waals surface area contributed by atoms with E-state index in [-0.39, 0.29) is 0 Å². The van der Waals surface area contributed by atoms with Crippen molar-refractivity contribution >= 4 is 22.7 Å². The minimum absolute atomic E-state index is 0.834. The second-order valence-electron chi connectivity index (χ2n) is 5.45. The van der Waals surface area contributed by atoms with Crippen LogP contribution in [0.25, 0.3) is 10.6 Å². The van der Waals surface area contributed by atoms with Crippen molar-refractivity contribution in [2.45, 2.75) is 25.8 Å². The van der Waals surface area contributed by atoms with E-state index in [4.69, 9.17) is 10.7 Å². The third-order valence-corrected chi connectivity index (χ3v) is 5.61. The average molecular weight is 307 g/mol. The van der Waals surface area contributed by atoms with Crippen LogP contribution in [0.1, 0.15) is 25.0 Å². The van der Waals surface area contributed by atoms with Gasteiger partial charge in [-0.1, -0.05) is 0 Å². The fraction of sp³-hybridized carbons (Fsp3) is 0.533. The number of thiazole rings is 1. The van der Waals surface area contributed by atoms with Crippen molar-refractivity contribution in [2.24, 2.45) is 11.7 Å². The molecule has 2 aromatic heterocycles. The van der Waals surface area contributed by atoms with Gasteiger partial charge in [0.15, 0.2) is 0 Å². The lowest BCUT2D eigenvalue weighted by atomic mass is 9.93. The van der Waals surface area contributed by atoms with Gasteiger partial charge in [0, 0.05) is 22.9 Å². The van der Waals surface area contributed by atoms with Gasteiger partial charge >= 0.3 is 0 Å². The van der Waals surface area contributed by atoms with Crippen LogP contribution in [0.3, 0.4) is 0 Å². The molecule has 0 unspecified atom stereocenters. The number of piperidine rings is 1. The topological polar surface area (TPSA) is 42.1 Å². The Morgan fingerprint density at radius 1 is 1.30 bits per heavy atom. The maximum absolute atomic E-state index is 5.65. The van der Waals surface area contributed by atoms with Crippen LogP contribution in [-0.4, -0.2) is 29.5 Å². The number of hydrogen-bond donors (Lipinski definition) is 1. The fourth-order valence-corrected chi connectivity index (χ4v) is 4.32. The zero-order valence-electron chi connectivity index (χ0n) is 11.6. The van der Waals surface area contributed by atoms with Gasteiger partial charge in [-0.25, -0.2) is 4.98 Å². The van der Waals surface area contributed by atoms with Crippen LogP contribution in [-0.2, 0) is 6.54 Å². The molecule has 0 radical (unpaired) electrons. The number of rotatable bonds is 5. The molecule has 5 heteroatoms. The Balaban J connectivity index is 1.54. The van der Waals surface area contributed by atoms with Crippen molar-refractivity contribution in [2.75, 3.05) is 19.6 Å². The van der Waals surface area contributed by atoms with Crippen LogP contribution >= 0.6 is 22.7 Å². The Kier molecular flexibility index (Phi) is 4.83. The Morgan fingerprint density at radius 2 is 2.15 bits per heavy atom. The smallest absolute Gasteiger partial charge is 0.124 e. The molecule has 3 rings (SSSR count). The first-order valence-corrected chi connectivity index (χ1v) is 9.07. The molecule has 0 bridgehead atoms. The highest BCUT2D eigenvalue weighted by molar-refractivity contribution is 7.14. The van der Waals surface area contributed by atoms with E-state index in [1.807, 2.05) is 0 Å². The van der Waals surface area contributed by atoms with Gasteiger partial charge in [-0.15, -0.1) is 11.3 Å². The lowest BCUT2D eigenvalue weighted by molar-refractivity contribution is 0.172. The molecule has 0 saturated carbocycles. The van der Waals surface area contributed by atoms with E-state index in [1.165, 1.54) is 43.6 Å². The van der Waals surface area contributed by atoms with Crippen molar-refractivity contribution in [3.05, 3.63) is 27.9 Å². The van der Waals surface area contributed by atoms with Gasteiger partial charge in [-0.3, -0.25) is 4.90 Å². The maximum atomic E-state index is 5.65. The molecule has 3 heterocycles. The van der Waals surface area contributed by atoms with Crippen LogP contribution < -0.4 is 5.73 Å². The molecule has 0 spiro atoms. The highest BCUT2D eigenvalue weighted by atomic mass is 32.1. The van der Waals surface area contributed by atoms with Gasteiger partial charge in [-0.05, 0) is 56.3 Å². The number of nitrogens with zero attached hydrogens (tertiary/aromatic N) is 2. The second-order valence-corrected chi connectivity index (χ2v) is 7.09. The fourth-order valence-electron chi connectivity index (χ4n) is 2.80. The Bertz CT molecular complexity index is 513. The summed E-state index contributed by atoms with van der Waals surface area (Å²) in [6.45, 7) is 4.21. The van der Waals surface area contributed by atoms with E-state index in [1.54, 1.807) is 22.7 Å². The number of likely N-dealkylation sites (tertiary alicyclic amines) is 1. The average Bonchev–Trinajstić information content (AvgIpc) is 3.12. The van der Waals surface area contributed by atoms with Crippen LogP contribution in [0.15, 0.2) is 22.2 Å². The van der Waals surface area contributed by atoms with Crippen molar-refractivity contribution in [3.63, 3.8) is 0 Å². The molecule has 0 atom stereocenters. The van der Waals surface area contributed by atoms with E-state index in [2.05, 4.69) is 27.1 Å². The SMILES string of the molecule is NCCC1CCN(Cc2csc(-c3ccsc3)n2)CC1. The summed E-state index contributed by atoms with van der Waals surface area (Å²) in [5.41, 5.74) is 8.12. The predicted molar refractivity (Wildman–Crippen MR) is 87.1 cm³/mol. The molecule has 1 aliphatic heterocycles. The van der Waals surface area contributed by atoms with Crippen LogP contribution in [0, 0.1) is 5.92 Å². The zero-order valence-corrected chi connectivity index (χ0v) is 13.3. The van der Waals surface area contributed by atoms with Crippen molar-refractivity contribution in [1.82, 2.24) is 9.88 Å². The minimum Gasteiger partial charge on any atom is -0.330 e. The van der Waals surface area contributed by atoms with Crippen LogP contribution in [0.2, 0.25) is 0 Å². The largest absolute Gasteiger partial charge is 0.330 e. The predicted octanol–water partition coefficient (Wildman–Crippen LogP) is 3.43. The molecule has 1 fully saturated rings. The second kappa shape index (κ2) is 6.80. The first kappa shape index (κ1) is 14.2. The third-order valence-electron chi connectivity index (χ3n) is 3.99. The first-order valence-electron chi connectivity index (χ1n) is 7.24. The van der Waals surface area contributed by atoms with E-state index in [0.717, 1.165) is 24.0 Å². The summed E-state index contributed by atoms with van der Waals surface area (Å²) in [5.74, 6) is 0.841. The molecule has 1 saturated heterocycles. The summed E-state index contributed by atoms with van der Waals surface area (Å²) < 4.78 is 0. The molecular weight excluding hydrogens is 286 g/mol. The molecule has 20 heavy (non-hydrogen) atoms. The number of thiophene rings is 1. The summed E-state index contributed by atoms with van der Waals surface area (Å²) in [6, 6.07) is 2.14. The number of hydrogen-bond acceptors (Lipinski definition) is 5. The molecule has 0 aliphatic carbocycles. The molecule has 2 N–H and O–H groups in total. The van der Waals surface area contributed by atoms with Crippen molar-refractivity contribution < 1.29 is 0 Å². The standard InChI is InChI=1S/C15H21N3S2/c16-5-1-12-2-6-18(7-3-12)9-14-11-20-15(17-14)13-4-8-19-10-13/h4,8,10-12H,1-3,5-7,9,16H2. The highest BCUT2D eigenvalue weighted by Crippen LogP contribution is 2.27. The van der Waals surface area contributed by atoms with E-state index in [9.17, 15) is 0 Å². The summed E-state index contributed by atoms with van der Waals surface area (Å²) >= 11 is 3.49. The van der Waals surface area contributed by atoms with Gasteiger partial charge in [0.05, 0.1) is 5.69 Å². The maximum Gasteiger partial charge on any atom is 0.124 e.